The third-order valence-corrected chi connectivity index (χ3v) is 2.90. The van der Waals surface area contributed by atoms with Gasteiger partial charge in [-0.25, -0.2) is 9.78 Å². The average molecular weight is 323 g/mol. The van der Waals surface area contributed by atoms with Crippen LogP contribution in [0.4, 0.5) is 0 Å². The zero-order valence-electron chi connectivity index (χ0n) is 10.3. The second-order valence-electron chi connectivity index (χ2n) is 3.99. The molecule has 0 atom stereocenters. The second-order valence-corrected chi connectivity index (χ2v) is 4.91. The number of nitrogens with zero attached hydrogens (tertiary/aromatic N) is 2. The van der Waals surface area contributed by atoms with Gasteiger partial charge in [-0.1, -0.05) is 22.0 Å². The summed E-state index contributed by atoms with van der Waals surface area (Å²) in [6.45, 7) is 3.57. The Kier molecular flexibility index (Phi) is 3.80. The number of aromatic carboxylic acids is 1. The van der Waals surface area contributed by atoms with Gasteiger partial charge < -0.3 is 9.84 Å². The summed E-state index contributed by atoms with van der Waals surface area (Å²) in [5.41, 5.74) is 1.36. The summed E-state index contributed by atoms with van der Waals surface area (Å²) in [4.78, 5) is 18.8. The molecule has 0 fully saturated rings. The van der Waals surface area contributed by atoms with Crippen LogP contribution in [0.5, 0.6) is 11.8 Å². The van der Waals surface area contributed by atoms with Crippen LogP contribution in [0.1, 0.15) is 21.7 Å². The number of benzene rings is 1. The van der Waals surface area contributed by atoms with E-state index < -0.39 is 5.97 Å². The Morgan fingerprint density at radius 3 is 2.68 bits per heavy atom. The first-order valence-electron chi connectivity index (χ1n) is 5.48. The van der Waals surface area contributed by atoms with Gasteiger partial charge in [0, 0.05) is 10.2 Å². The molecular formula is C13H11BrN2O3. The van der Waals surface area contributed by atoms with Gasteiger partial charge in [-0.2, -0.15) is 4.98 Å². The number of aromatic nitrogens is 2. The van der Waals surface area contributed by atoms with E-state index in [4.69, 9.17) is 9.84 Å². The highest BCUT2D eigenvalue weighted by Crippen LogP contribution is 2.26. The van der Waals surface area contributed by atoms with Gasteiger partial charge in [-0.15, -0.1) is 0 Å². The number of carboxylic acids is 1. The summed E-state index contributed by atoms with van der Waals surface area (Å²) < 4.78 is 6.41. The topological polar surface area (TPSA) is 72.3 Å². The highest BCUT2D eigenvalue weighted by molar-refractivity contribution is 9.10. The lowest BCUT2D eigenvalue weighted by Crippen LogP contribution is -2.04. The molecule has 0 aliphatic carbocycles. The molecule has 19 heavy (non-hydrogen) atoms. The maximum absolute atomic E-state index is 10.9. The van der Waals surface area contributed by atoms with Crippen LogP contribution in [0, 0.1) is 13.8 Å². The summed E-state index contributed by atoms with van der Waals surface area (Å²) in [5, 5.41) is 8.95. The Hall–Kier alpha value is -1.95. The molecule has 0 amide bonds. The Balaban J connectivity index is 2.38. The third kappa shape index (κ3) is 3.29. The third-order valence-electron chi connectivity index (χ3n) is 2.40. The quantitative estimate of drug-likeness (QED) is 0.938. The Morgan fingerprint density at radius 1 is 1.26 bits per heavy atom. The smallest absolute Gasteiger partial charge is 0.354 e. The minimum Gasteiger partial charge on any atom is -0.477 e. The van der Waals surface area contributed by atoms with Gasteiger partial charge in [-0.3, -0.25) is 0 Å². The number of ether oxygens (including phenoxy) is 1. The maximum Gasteiger partial charge on any atom is 0.354 e. The van der Waals surface area contributed by atoms with Crippen LogP contribution >= 0.6 is 15.9 Å². The monoisotopic (exact) mass is 322 g/mol. The molecule has 0 aliphatic rings. The number of carbonyl (C=O) groups is 1. The van der Waals surface area contributed by atoms with E-state index >= 15 is 0 Å². The van der Waals surface area contributed by atoms with E-state index in [9.17, 15) is 4.79 Å². The van der Waals surface area contributed by atoms with Crippen molar-refractivity contribution in [3.63, 3.8) is 0 Å². The first-order valence-corrected chi connectivity index (χ1v) is 6.28. The van der Waals surface area contributed by atoms with Gasteiger partial charge in [0.25, 0.3) is 0 Å². The van der Waals surface area contributed by atoms with E-state index in [1.807, 2.05) is 19.1 Å². The van der Waals surface area contributed by atoms with Crippen molar-refractivity contribution in [3.8, 4) is 11.8 Å². The van der Waals surface area contributed by atoms with Crippen molar-refractivity contribution in [1.82, 2.24) is 9.97 Å². The fraction of sp³-hybridized carbons (Fsp3) is 0.154. The van der Waals surface area contributed by atoms with Gasteiger partial charge in [0.1, 0.15) is 5.75 Å². The number of halogens is 1. The first kappa shape index (κ1) is 13.5. The van der Waals surface area contributed by atoms with Crippen LogP contribution in [0.25, 0.3) is 0 Å². The molecule has 0 saturated heterocycles. The number of hydrogen-bond donors (Lipinski definition) is 1. The fourth-order valence-electron chi connectivity index (χ4n) is 1.48. The number of hydrogen-bond acceptors (Lipinski definition) is 4. The minimum absolute atomic E-state index is 0.0265. The van der Waals surface area contributed by atoms with Crippen molar-refractivity contribution in [2.75, 3.05) is 0 Å². The van der Waals surface area contributed by atoms with Gasteiger partial charge in [-0.05, 0) is 37.6 Å². The lowest BCUT2D eigenvalue weighted by Gasteiger charge is -2.08. The van der Waals surface area contributed by atoms with Crippen LogP contribution in [0.15, 0.2) is 28.7 Å². The van der Waals surface area contributed by atoms with E-state index in [0.29, 0.717) is 11.4 Å². The number of carboxylic acid groups (broad SMARTS) is 1. The van der Waals surface area contributed by atoms with Crippen molar-refractivity contribution in [2.45, 2.75) is 13.8 Å². The predicted octanol–water partition coefficient (Wildman–Crippen LogP) is 3.35. The molecule has 0 aliphatic heterocycles. The normalized spacial score (nSPS) is 10.3. The molecular weight excluding hydrogens is 312 g/mol. The second kappa shape index (κ2) is 5.36. The van der Waals surface area contributed by atoms with Crippen LogP contribution in [0.2, 0.25) is 0 Å². The van der Waals surface area contributed by atoms with E-state index in [-0.39, 0.29) is 11.7 Å². The van der Waals surface area contributed by atoms with Gasteiger partial charge in [0.15, 0.2) is 5.69 Å². The van der Waals surface area contributed by atoms with E-state index in [2.05, 4.69) is 25.9 Å². The lowest BCUT2D eigenvalue weighted by atomic mass is 10.2. The van der Waals surface area contributed by atoms with Crippen molar-refractivity contribution < 1.29 is 14.6 Å². The molecule has 2 rings (SSSR count). The SMILES string of the molecule is Cc1cc(C(=O)O)nc(Oc2cc(Br)ccc2C)n1. The molecule has 1 N–H and O–H groups in total. The van der Waals surface area contributed by atoms with Crippen LogP contribution in [-0.4, -0.2) is 21.0 Å². The summed E-state index contributed by atoms with van der Waals surface area (Å²) >= 11 is 3.35. The number of aryl methyl sites for hydroxylation is 2. The molecule has 0 bridgehead atoms. The van der Waals surface area contributed by atoms with Gasteiger partial charge >= 0.3 is 12.0 Å². The highest BCUT2D eigenvalue weighted by Gasteiger charge is 2.11. The fourth-order valence-corrected chi connectivity index (χ4v) is 1.82. The van der Waals surface area contributed by atoms with Crippen molar-refractivity contribution in [1.29, 1.82) is 0 Å². The Bertz CT molecular complexity index is 644. The molecule has 1 aromatic heterocycles. The summed E-state index contributed by atoms with van der Waals surface area (Å²) in [7, 11) is 0. The molecule has 6 heteroatoms. The predicted molar refractivity (Wildman–Crippen MR) is 72.7 cm³/mol. The Labute approximate surface area is 118 Å². The molecule has 0 unspecified atom stereocenters. The van der Waals surface area contributed by atoms with E-state index in [1.54, 1.807) is 13.0 Å². The zero-order valence-corrected chi connectivity index (χ0v) is 11.9. The van der Waals surface area contributed by atoms with Crippen LogP contribution in [-0.2, 0) is 0 Å². The number of rotatable bonds is 3. The maximum atomic E-state index is 10.9. The first-order chi connectivity index (χ1) is 8.95. The molecule has 0 spiro atoms. The van der Waals surface area contributed by atoms with Gasteiger partial charge in [0.05, 0.1) is 0 Å². The molecule has 5 nitrogen and oxygen atoms in total. The van der Waals surface area contributed by atoms with Crippen LogP contribution < -0.4 is 4.74 Å². The van der Waals surface area contributed by atoms with Crippen molar-refractivity contribution in [2.24, 2.45) is 0 Å². The molecule has 1 aromatic carbocycles. The highest BCUT2D eigenvalue weighted by atomic mass is 79.9. The van der Waals surface area contributed by atoms with Crippen LogP contribution in [0.3, 0.4) is 0 Å². The largest absolute Gasteiger partial charge is 0.477 e. The molecule has 0 radical (unpaired) electrons. The molecule has 2 aromatic rings. The summed E-state index contributed by atoms with van der Waals surface area (Å²) in [6.07, 6.45) is 0. The van der Waals surface area contributed by atoms with Gasteiger partial charge in [0.2, 0.25) is 0 Å². The van der Waals surface area contributed by atoms with E-state index in [1.165, 1.54) is 6.07 Å². The Morgan fingerprint density at radius 2 is 2.00 bits per heavy atom. The molecule has 98 valence electrons. The molecule has 1 heterocycles. The zero-order chi connectivity index (χ0) is 14.0. The molecule has 0 saturated carbocycles. The van der Waals surface area contributed by atoms with Crippen molar-refractivity contribution >= 4 is 21.9 Å². The average Bonchev–Trinajstić information content (AvgIpc) is 2.33. The summed E-state index contributed by atoms with van der Waals surface area (Å²) in [6, 6.07) is 6.97. The van der Waals surface area contributed by atoms with E-state index in [0.717, 1.165) is 10.0 Å². The lowest BCUT2D eigenvalue weighted by molar-refractivity contribution is 0.0689. The standard InChI is InChI=1S/C13H11BrN2O3/c1-7-3-4-9(14)6-11(7)19-13-15-8(2)5-10(16-13)12(17)18/h3-6H,1-2H3,(H,17,18). The minimum atomic E-state index is -1.11. The summed E-state index contributed by atoms with van der Waals surface area (Å²) in [5.74, 6) is -0.530. The van der Waals surface area contributed by atoms with Crippen molar-refractivity contribution in [3.05, 3.63) is 45.7 Å².